The Bertz CT molecular complexity index is 432. The zero-order valence-corrected chi connectivity index (χ0v) is 9.86. The molecule has 0 spiro atoms. The van der Waals surface area contributed by atoms with Gasteiger partial charge in [-0.1, -0.05) is 24.3 Å². The molecule has 0 N–H and O–H groups in total. The molecular weight excluding hydrogens is 198 g/mol. The van der Waals surface area contributed by atoms with Gasteiger partial charge in [0.05, 0.1) is 0 Å². The molecule has 1 aromatic carbocycles. The van der Waals surface area contributed by atoms with Crippen LogP contribution in [0.5, 0.6) is 0 Å². The second kappa shape index (κ2) is 4.52. The molecule has 84 valence electrons. The van der Waals surface area contributed by atoms with Crippen molar-refractivity contribution >= 4 is 11.5 Å². The number of nitrogens with zero attached hydrogens (tertiary/aromatic N) is 1. The Kier molecular flexibility index (Phi) is 3.09. The van der Waals surface area contributed by atoms with E-state index in [0.29, 0.717) is 0 Å². The first-order valence-electron chi connectivity index (χ1n) is 5.70. The third kappa shape index (κ3) is 2.01. The van der Waals surface area contributed by atoms with Crippen LogP contribution in [0.3, 0.4) is 0 Å². The predicted octanol–water partition coefficient (Wildman–Crippen LogP) is 2.96. The zero-order valence-electron chi connectivity index (χ0n) is 9.86. The van der Waals surface area contributed by atoms with Crippen LogP contribution in [0.15, 0.2) is 30.3 Å². The molecule has 0 aromatic heterocycles. The lowest BCUT2D eigenvalue weighted by Gasteiger charge is -2.14. The summed E-state index contributed by atoms with van der Waals surface area (Å²) in [7, 11) is 3.59. The molecule has 2 rings (SSSR count). The lowest BCUT2D eigenvalue weighted by molar-refractivity contribution is 0.0827. The van der Waals surface area contributed by atoms with Crippen LogP contribution in [-0.4, -0.2) is 24.9 Å². The van der Waals surface area contributed by atoms with Gasteiger partial charge in [0.15, 0.2) is 0 Å². The standard InChI is InChI=1S/C14H17NO/c1-15(2)14(16)13-10-6-5-9-12(13)11-7-3-4-8-11/h5-7,9-10H,3-4,8H2,1-2H3. The molecule has 1 aliphatic carbocycles. The molecule has 16 heavy (non-hydrogen) atoms. The predicted molar refractivity (Wildman–Crippen MR) is 66.3 cm³/mol. The van der Waals surface area contributed by atoms with E-state index in [0.717, 1.165) is 24.0 Å². The number of allylic oxidation sites excluding steroid dienone is 2. The SMILES string of the molecule is CN(C)C(=O)c1ccccc1C1=CCCC1. The van der Waals surface area contributed by atoms with Crippen LogP contribution in [0.1, 0.15) is 35.2 Å². The molecule has 0 unspecified atom stereocenters. The van der Waals surface area contributed by atoms with E-state index >= 15 is 0 Å². The molecule has 1 aliphatic rings. The smallest absolute Gasteiger partial charge is 0.253 e. The lowest BCUT2D eigenvalue weighted by Crippen LogP contribution is -2.22. The van der Waals surface area contributed by atoms with Gasteiger partial charge in [-0.25, -0.2) is 0 Å². The first kappa shape index (κ1) is 10.9. The summed E-state index contributed by atoms with van der Waals surface area (Å²) in [5.74, 6) is 0.0865. The molecule has 0 bridgehead atoms. The third-order valence-electron chi connectivity index (χ3n) is 2.95. The van der Waals surface area contributed by atoms with Crippen molar-refractivity contribution in [3.8, 4) is 0 Å². The highest BCUT2D eigenvalue weighted by Crippen LogP contribution is 2.30. The van der Waals surface area contributed by atoms with Crippen molar-refractivity contribution in [2.75, 3.05) is 14.1 Å². The number of carbonyl (C=O) groups is 1. The van der Waals surface area contributed by atoms with Crippen LogP contribution in [0.4, 0.5) is 0 Å². The van der Waals surface area contributed by atoms with E-state index in [1.165, 1.54) is 12.0 Å². The molecule has 1 aromatic rings. The van der Waals surface area contributed by atoms with Gasteiger partial charge < -0.3 is 4.90 Å². The number of carbonyl (C=O) groups excluding carboxylic acids is 1. The fraction of sp³-hybridized carbons (Fsp3) is 0.357. The minimum atomic E-state index is 0.0865. The Balaban J connectivity index is 2.41. The van der Waals surface area contributed by atoms with Crippen molar-refractivity contribution < 1.29 is 4.79 Å². The Morgan fingerprint density at radius 1 is 1.25 bits per heavy atom. The number of hydrogen-bond donors (Lipinski definition) is 0. The van der Waals surface area contributed by atoms with E-state index in [2.05, 4.69) is 6.08 Å². The van der Waals surface area contributed by atoms with Crippen molar-refractivity contribution in [2.24, 2.45) is 0 Å². The van der Waals surface area contributed by atoms with Crippen molar-refractivity contribution in [1.82, 2.24) is 4.90 Å². The van der Waals surface area contributed by atoms with Gasteiger partial charge >= 0.3 is 0 Å². The maximum atomic E-state index is 12.0. The van der Waals surface area contributed by atoms with Crippen LogP contribution in [0, 0.1) is 0 Å². The van der Waals surface area contributed by atoms with Crippen LogP contribution < -0.4 is 0 Å². The molecule has 0 saturated heterocycles. The second-order valence-electron chi connectivity index (χ2n) is 4.37. The number of benzene rings is 1. The Morgan fingerprint density at radius 2 is 2.00 bits per heavy atom. The highest BCUT2D eigenvalue weighted by molar-refractivity contribution is 5.99. The van der Waals surface area contributed by atoms with E-state index in [-0.39, 0.29) is 5.91 Å². The average Bonchev–Trinajstić information content (AvgIpc) is 2.81. The average molecular weight is 215 g/mol. The molecule has 0 heterocycles. The van der Waals surface area contributed by atoms with Gasteiger partial charge in [0, 0.05) is 19.7 Å². The maximum absolute atomic E-state index is 12.0. The van der Waals surface area contributed by atoms with Crippen molar-refractivity contribution in [3.05, 3.63) is 41.5 Å². The molecule has 0 saturated carbocycles. The molecule has 2 nitrogen and oxygen atoms in total. The first-order valence-corrected chi connectivity index (χ1v) is 5.70. The summed E-state index contributed by atoms with van der Waals surface area (Å²) in [6.45, 7) is 0. The number of hydrogen-bond acceptors (Lipinski definition) is 1. The normalized spacial score (nSPS) is 14.8. The summed E-state index contributed by atoms with van der Waals surface area (Å²) in [6, 6.07) is 7.89. The lowest BCUT2D eigenvalue weighted by atomic mass is 9.98. The van der Waals surface area contributed by atoms with Crippen LogP contribution in [0.2, 0.25) is 0 Å². The maximum Gasteiger partial charge on any atom is 0.253 e. The Morgan fingerprint density at radius 3 is 2.62 bits per heavy atom. The van der Waals surface area contributed by atoms with Crippen molar-refractivity contribution in [1.29, 1.82) is 0 Å². The fourth-order valence-corrected chi connectivity index (χ4v) is 2.11. The minimum absolute atomic E-state index is 0.0865. The molecular formula is C14H17NO. The largest absolute Gasteiger partial charge is 0.345 e. The molecule has 0 fully saturated rings. The van der Waals surface area contributed by atoms with Gasteiger partial charge in [0.1, 0.15) is 0 Å². The summed E-state index contributed by atoms with van der Waals surface area (Å²) in [5.41, 5.74) is 3.25. The monoisotopic (exact) mass is 215 g/mol. The quantitative estimate of drug-likeness (QED) is 0.742. The summed E-state index contributed by atoms with van der Waals surface area (Å²) in [4.78, 5) is 13.7. The summed E-state index contributed by atoms with van der Waals surface area (Å²) in [5, 5.41) is 0. The van der Waals surface area contributed by atoms with Crippen LogP contribution in [-0.2, 0) is 0 Å². The first-order chi connectivity index (χ1) is 7.70. The van der Waals surface area contributed by atoms with E-state index in [4.69, 9.17) is 0 Å². The van der Waals surface area contributed by atoms with E-state index < -0.39 is 0 Å². The third-order valence-corrected chi connectivity index (χ3v) is 2.95. The van der Waals surface area contributed by atoms with Gasteiger partial charge in [0.25, 0.3) is 5.91 Å². The van der Waals surface area contributed by atoms with E-state index in [1.807, 2.05) is 24.3 Å². The molecule has 0 atom stereocenters. The molecule has 0 radical (unpaired) electrons. The minimum Gasteiger partial charge on any atom is -0.345 e. The number of amides is 1. The van der Waals surface area contributed by atoms with Crippen molar-refractivity contribution in [2.45, 2.75) is 19.3 Å². The van der Waals surface area contributed by atoms with Crippen LogP contribution in [0.25, 0.3) is 5.57 Å². The topological polar surface area (TPSA) is 20.3 Å². The second-order valence-corrected chi connectivity index (χ2v) is 4.37. The van der Waals surface area contributed by atoms with Crippen LogP contribution >= 0.6 is 0 Å². The van der Waals surface area contributed by atoms with Gasteiger partial charge in [-0.05, 0) is 36.5 Å². The van der Waals surface area contributed by atoms with Gasteiger partial charge in [0.2, 0.25) is 0 Å². The van der Waals surface area contributed by atoms with Gasteiger partial charge in [-0.2, -0.15) is 0 Å². The molecule has 2 heteroatoms. The summed E-state index contributed by atoms with van der Waals surface area (Å²) < 4.78 is 0. The summed E-state index contributed by atoms with van der Waals surface area (Å²) >= 11 is 0. The Labute approximate surface area is 96.6 Å². The Hall–Kier alpha value is -1.57. The molecule has 0 aliphatic heterocycles. The zero-order chi connectivity index (χ0) is 11.5. The van der Waals surface area contributed by atoms with Crippen molar-refractivity contribution in [3.63, 3.8) is 0 Å². The molecule has 1 amide bonds. The van der Waals surface area contributed by atoms with Gasteiger partial charge in [-0.15, -0.1) is 0 Å². The summed E-state index contributed by atoms with van der Waals surface area (Å²) in [6.07, 6.45) is 5.69. The highest BCUT2D eigenvalue weighted by Gasteiger charge is 2.16. The van der Waals surface area contributed by atoms with Gasteiger partial charge in [-0.3, -0.25) is 4.79 Å². The number of rotatable bonds is 2. The highest BCUT2D eigenvalue weighted by atomic mass is 16.2. The van der Waals surface area contributed by atoms with E-state index in [9.17, 15) is 4.79 Å². The van der Waals surface area contributed by atoms with E-state index in [1.54, 1.807) is 19.0 Å². The fourth-order valence-electron chi connectivity index (χ4n) is 2.11.